The number of carbonyl (C=O) groups excluding carboxylic acids is 2. The second-order valence-electron chi connectivity index (χ2n) is 8.06. The number of hydrazone groups is 2. The van der Waals surface area contributed by atoms with Gasteiger partial charge in [-0.2, -0.15) is 27.0 Å². The van der Waals surface area contributed by atoms with Crippen molar-refractivity contribution in [2.45, 2.75) is 30.1 Å². The van der Waals surface area contributed by atoms with Gasteiger partial charge in [-0.3, -0.25) is 18.7 Å². The van der Waals surface area contributed by atoms with Crippen LogP contribution in [0.15, 0.2) is 68.5 Å². The summed E-state index contributed by atoms with van der Waals surface area (Å²) in [5, 5.41) is 10.7. The molecular formula is C21H20N4O8S2. The van der Waals surface area contributed by atoms with E-state index >= 15 is 0 Å². The fourth-order valence-electron chi connectivity index (χ4n) is 3.87. The van der Waals surface area contributed by atoms with Crippen molar-refractivity contribution in [1.82, 2.24) is 0 Å². The van der Waals surface area contributed by atoms with E-state index in [-0.39, 0.29) is 16.2 Å². The predicted octanol–water partition coefficient (Wildman–Crippen LogP) is 1.95. The van der Waals surface area contributed by atoms with Crippen LogP contribution in [-0.4, -0.2) is 49.2 Å². The number of hydrogen-bond donors (Lipinski definition) is 2. The Morgan fingerprint density at radius 3 is 1.29 bits per heavy atom. The van der Waals surface area contributed by atoms with Crippen LogP contribution >= 0.6 is 0 Å². The molecule has 0 bridgehead atoms. The van der Waals surface area contributed by atoms with Crippen molar-refractivity contribution in [3.05, 3.63) is 48.5 Å². The molecule has 2 aliphatic rings. The van der Waals surface area contributed by atoms with Gasteiger partial charge in [0.2, 0.25) is 0 Å². The van der Waals surface area contributed by atoms with Crippen molar-refractivity contribution in [3.63, 3.8) is 0 Å². The smallest absolute Gasteiger partial charge is 0.282 e. The van der Waals surface area contributed by atoms with E-state index in [0.717, 1.165) is 34.3 Å². The number of hydrogen-bond acceptors (Lipinski definition) is 8. The normalized spacial score (nSPS) is 20.9. The number of carbonyl (C=O) groups is 2. The largest absolute Gasteiger partial charge is 0.294 e. The highest BCUT2D eigenvalue weighted by Crippen LogP contribution is 2.33. The third-order valence-electron chi connectivity index (χ3n) is 5.77. The molecule has 0 aromatic heterocycles. The molecule has 0 unspecified atom stereocenters. The summed E-state index contributed by atoms with van der Waals surface area (Å²) in [6.45, 7) is 3.29. The third kappa shape index (κ3) is 4.73. The molecule has 2 heterocycles. The average Bonchev–Trinajstić information content (AvgIpc) is 3.23. The number of benzene rings is 2. The summed E-state index contributed by atoms with van der Waals surface area (Å²) in [7, 11) is -8.76. The van der Waals surface area contributed by atoms with Crippen LogP contribution in [0.2, 0.25) is 0 Å². The number of rotatable bonds is 6. The van der Waals surface area contributed by atoms with Crippen LogP contribution in [0.3, 0.4) is 0 Å². The van der Waals surface area contributed by atoms with Gasteiger partial charge < -0.3 is 0 Å². The summed E-state index contributed by atoms with van der Waals surface area (Å²) in [6, 6.07) is 9.96. The van der Waals surface area contributed by atoms with Gasteiger partial charge in [0.05, 0.1) is 33.0 Å². The molecule has 2 atom stereocenters. The lowest BCUT2D eigenvalue weighted by Crippen LogP contribution is -2.33. The molecule has 184 valence electrons. The minimum Gasteiger partial charge on any atom is -0.282 e. The minimum absolute atomic E-state index is 0.0987. The lowest BCUT2D eigenvalue weighted by atomic mass is 9.88. The molecule has 14 heteroatoms. The van der Waals surface area contributed by atoms with Crippen molar-refractivity contribution in [2.75, 3.05) is 10.0 Å². The van der Waals surface area contributed by atoms with Gasteiger partial charge in [-0.1, -0.05) is 0 Å². The summed E-state index contributed by atoms with van der Waals surface area (Å²) >= 11 is 0. The van der Waals surface area contributed by atoms with E-state index in [0.29, 0.717) is 22.8 Å². The molecule has 2 aliphatic heterocycles. The zero-order chi connectivity index (χ0) is 25.7. The van der Waals surface area contributed by atoms with E-state index in [1.165, 1.54) is 24.3 Å². The van der Waals surface area contributed by atoms with E-state index in [1.54, 1.807) is 13.8 Å². The van der Waals surface area contributed by atoms with Crippen molar-refractivity contribution >= 4 is 54.8 Å². The maximum Gasteiger partial charge on any atom is 0.294 e. The Labute approximate surface area is 201 Å². The van der Waals surface area contributed by atoms with E-state index in [1.807, 2.05) is 0 Å². The first-order valence-corrected chi connectivity index (χ1v) is 13.1. The number of amides is 2. The molecular weight excluding hydrogens is 500 g/mol. The highest BCUT2D eigenvalue weighted by molar-refractivity contribution is 7.86. The van der Waals surface area contributed by atoms with Gasteiger partial charge in [0.25, 0.3) is 32.1 Å². The van der Waals surface area contributed by atoms with E-state index in [9.17, 15) is 26.4 Å². The monoisotopic (exact) mass is 520 g/mol. The summed E-state index contributed by atoms with van der Waals surface area (Å²) in [5.41, 5.74) is 1.52. The van der Waals surface area contributed by atoms with Gasteiger partial charge in [0, 0.05) is 11.4 Å². The first-order chi connectivity index (χ1) is 16.3. The van der Waals surface area contributed by atoms with Crippen LogP contribution < -0.4 is 10.0 Å². The molecule has 2 N–H and O–H groups in total. The quantitative estimate of drug-likeness (QED) is 0.543. The minimum atomic E-state index is -4.38. The van der Waals surface area contributed by atoms with E-state index in [4.69, 9.17) is 9.11 Å². The molecule has 4 rings (SSSR count). The first-order valence-electron chi connectivity index (χ1n) is 10.2. The topological polar surface area (TPSA) is 174 Å². The molecule has 0 radical (unpaired) electrons. The van der Waals surface area contributed by atoms with E-state index in [2.05, 4.69) is 10.2 Å². The molecule has 2 aromatic rings. The highest BCUT2D eigenvalue weighted by atomic mass is 32.2. The van der Waals surface area contributed by atoms with Gasteiger partial charge in [0.15, 0.2) is 0 Å². The van der Waals surface area contributed by atoms with Crippen molar-refractivity contribution in [2.24, 2.45) is 22.0 Å². The third-order valence-corrected chi connectivity index (χ3v) is 7.50. The summed E-state index contributed by atoms with van der Waals surface area (Å²) in [6.07, 6.45) is 0.0987. The van der Waals surface area contributed by atoms with Gasteiger partial charge in [-0.25, -0.2) is 10.0 Å². The lowest BCUT2D eigenvalue weighted by molar-refractivity contribution is -0.121. The van der Waals surface area contributed by atoms with Crippen LogP contribution in [0, 0.1) is 11.8 Å². The summed E-state index contributed by atoms with van der Waals surface area (Å²) in [4.78, 5) is 25.5. The Hall–Kier alpha value is -3.46. The van der Waals surface area contributed by atoms with Crippen molar-refractivity contribution in [3.8, 4) is 0 Å². The Morgan fingerprint density at radius 1 is 0.686 bits per heavy atom. The molecule has 0 fully saturated rings. The van der Waals surface area contributed by atoms with Crippen LogP contribution in [0.5, 0.6) is 0 Å². The van der Waals surface area contributed by atoms with Gasteiger partial charge in [0.1, 0.15) is 0 Å². The predicted molar refractivity (Wildman–Crippen MR) is 125 cm³/mol. The second-order valence-corrected chi connectivity index (χ2v) is 10.9. The molecule has 2 aromatic carbocycles. The maximum absolute atomic E-state index is 13.1. The van der Waals surface area contributed by atoms with Crippen LogP contribution in [0.25, 0.3) is 0 Å². The maximum atomic E-state index is 13.1. The fraction of sp³-hybridized carbons (Fsp3) is 0.238. The van der Waals surface area contributed by atoms with Crippen LogP contribution in [0.1, 0.15) is 20.3 Å². The van der Waals surface area contributed by atoms with Gasteiger partial charge >= 0.3 is 0 Å². The second kappa shape index (κ2) is 8.64. The Bertz CT molecular complexity index is 1370. The Kier molecular flexibility index (Phi) is 6.09. The Morgan fingerprint density at radius 2 is 1.00 bits per heavy atom. The zero-order valence-electron chi connectivity index (χ0n) is 18.4. The standard InChI is InChI=1S/C21H20N4O8S2/c1-12-18(20(26)24(22-12)14-3-7-16(8-4-14)34(28,29)30)11-19-13(2)23-25(21(19)27)15-5-9-17(10-6-15)35(31,32)33/h3-10,18-19H,11H2,1-2H3,(H,28,29,30)(H,31,32,33)/t18-,19-/m1/s1. The van der Waals surface area contributed by atoms with Crippen molar-refractivity contribution in [1.29, 1.82) is 0 Å². The fourth-order valence-corrected chi connectivity index (χ4v) is 4.83. The first kappa shape index (κ1) is 24.7. The zero-order valence-corrected chi connectivity index (χ0v) is 20.1. The van der Waals surface area contributed by atoms with Gasteiger partial charge in [-0.15, -0.1) is 0 Å². The molecule has 35 heavy (non-hydrogen) atoms. The lowest BCUT2D eigenvalue weighted by Gasteiger charge is -2.18. The molecule has 0 saturated heterocycles. The molecule has 12 nitrogen and oxygen atoms in total. The number of nitrogens with zero attached hydrogens (tertiary/aromatic N) is 4. The highest BCUT2D eigenvalue weighted by Gasteiger charge is 2.42. The van der Waals surface area contributed by atoms with E-state index < -0.39 is 43.9 Å². The molecule has 2 amide bonds. The van der Waals surface area contributed by atoms with Crippen molar-refractivity contribution < 1.29 is 35.5 Å². The Balaban J connectivity index is 1.50. The molecule has 0 aliphatic carbocycles. The average molecular weight is 521 g/mol. The SMILES string of the molecule is CC1=NN(c2ccc(S(=O)(=O)O)cc2)C(=O)[C@@H]1C[C@H]1C(=O)N(c2ccc(S(=O)(=O)O)cc2)N=C1C. The summed E-state index contributed by atoms with van der Waals surface area (Å²) in [5.74, 6) is -2.26. The number of anilines is 2. The van der Waals surface area contributed by atoms with Crippen LogP contribution in [-0.2, 0) is 29.8 Å². The summed E-state index contributed by atoms with van der Waals surface area (Å²) < 4.78 is 63.2. The molecule has 0 spiro atoms. The van der Waals surface area contributed by atoms with Gasteiger partial charge in [-0.05, 0) is 68.8 Å². The molecule has 0 saturated carbocycles. The van der Waals surface area contributed by atoms with Crippen LogP contribution in [0.4, 0.5) is 11.4 Å².